The molecule has 1 aliphatic rings. The molecule has 1 aromatic rings. The van der Waals surface area contributed by atoms with Crippen LogP contribution in [0.1, 0.15) is 25.3 Å². The van der Waals surface area contributed by atoms with Gasteiger partial charge in [-0.2, -0.15) is 4.31 Å². The van der Waals surface area contributed by atoms with Crippen molar-refractivity contribution < 1.29 is 8.42 Å². The van der Waals surface area contributed by atoms with E-state index in [2.05, 4.69) is 6.92 Å². The van der Waals surface area contributed by atoms with Crippen molar-refractivity contribution in [2.75, 3.05) is 13.1 Å². The summed E-state index contributed by atoms with van der Waals surface area (Å²) in [6.45, 7) is 3.33. The van der Waals surface area contributed by atoms with Gasteiger partial charge < -0.3 is 0 Å². The molecule has 5 heteroatoms. The summed E-state index contributed by atoms with van der Waals surface area (Å²) in [7, 11) is -3.30. The van der Waals surface area contributed by atoms with Gasteiger partial charge in [0.2, 0.25) is 10.0 Å². The summed E-state index contributed by atoms with van der Waals surface area (Å²) < 4.78 is 25.9. The van der Waals surface area contributed by atoms with Crippen molar-refractivity contribution in [3.05, 3.63) is 40.3 Å². The second-order valence-corrected chi connectivity index (χ2v) is 7.26. The highest BCUT2D eigenvalue weighted by Gasteiger charge is 2.24. The zero-order chi connectivity index (χ0) is 13.9. The second-order valence-electron chi connectivity index (χ2n) is 5.00. The summed E-state index contributed by atoms with van der Waals surface area (Å²) in [5.41, 5.74) is 0.832. The molecule has 0 saturated carbocycles. The Bertz CT molecular complexity index is 551. The van der Waals surface area contributed by atoms with E-state index < -0.39 is 10.0 Å². The number of hydrogen-bond acceptors (Lipinski definition) is 2. The van der Waals surface area contributed by atoms with Crippen molar-refractivity contribution in [2.45, 2.75) is 19.8 Å². The Kier molecular flexibility index (Phi) is 4.66. The summed E-state index contributed by atoms with van der Waals surface area (Å²) in [6, 6.07) is 7.09. The quantitative estimate of drug-likeness (QED) is 0.858. The molecule has 0 bridgehead atoms. The van der Waals surface area contributed by atoms with Gasteiger partial charge in [0.05, 0.1) is 0 Å². The standard InChI is InChI=1S/C14H18ClNO2S/c1-12-3-2-9-16(11-12)19(17,18)10-8-13-4-6-14(15)7-5-13/h4-8,10,12H,2-3,9,11H2,1H3/b10-8+. The van der Waals surface area contributed by atoms with Gasteiger partial charge in [0, 0.05) is 23.5 Å². The molecule has 19 heavy (non-hydrogen) atoms. The van der Waals surface area contributed by atoms with E-state index in [0.29, 0.717) is 24.0 Å². The molecule has 1 aliphatic heterocycles. The van der Waals surface area contributed by atoms with Gasteiger partial charge in [-0.3, -0.25) is 0 Å². The van der Waals surface area contributed by atoms with E-state index in [-0.39, 0.29) is 0 Å². The van der Waals surface area contributed by atoms with Crippen LogP contribution >= 0.6 is 11.6 Å². The van der Waals surface area contributed by atoms with Crippen LogP contribution < -0.4 is 0 Å². The van der Waals surface area contributed by atoms with Gasteiger partial charge in [-0.25, -0.2) is 8.42 Å². The average molecular weight is 300 g/mol. The van der Waals surface area contributed by atoms with E-state index in [4.69, 9.17) is 11.6 Å². The first-order valence-electron chi connectivity index (χ1n) is 6.41. The molecule has 1 atom stereocenters. The Morgan fingerprint density at radius 3 is 2.63 bits per heavy atom. The predicted octanol–water partition coefficient (Wildman–Crippen LogP) is 3.37. The van der Waals surface area contributed by atoms with E-state index in [1.165, 1.54) is 5.41 Å². The lowest BCUT2D eigenvalue weighted by Gasteiger charge is -2.28. The van der Waals surface area contributed by atoms with Crippen LogP contribution in [0, 0.1) is 5.92 Å². The minimum Gasteiger partial charge on any atom is -0.208 e. The summed E-state index contributed by atoms with van der Waals surface area (Å²) in [5.74, 6) is 0.437. The first kappa shape index (κ1) is 14.6. The van der Waals surface area contributed by atoms with E-state index in [9.17, 15) is 8.42 Å². The molecule has 1 saturated heterocycles. The van der Waals surface area contributed by atoms with Gasteiger partial charge in [0.1, 0.15) is 0 Å². The molecule has 0 aliphatic carbocycles. The normalized spacial score (nSPS) is 21.9. The molecular weight excluding hydrogens is 282 g/mol. The van der Waals surface area contributed by atoms with Gasteiger partial charge in [0.25, 0.3) is 0 Å². The van der Waals surface area contributed by atoms with Crippen LogP contribution in [0.25, 0.3) is 6.08 Å². The van der Waals surface area contributed by atoms with Gasteiger partial charge in [0.15, 0.2) is 0 Å². The summed E-state index contributed by atoms with van der Waals surface area (Å²) in [6.07, 6.45) is 3.66. The SMILES string of the molecule is CC1CCCN(S(=O)(=O)/C=C/c2ccc(Cl)cc2)C1. The van der Waals surface area contributed by atoms with Crippen LogP contribution in [0.15, 0.2) is 29.7 Å². The zero-order valence-electron chi connectivity index (χ0n) is 10.9. The third-order valence-electron chi connectivity index (χ3n) is 3.28. The van der Waals surface area contributed by atoms with Gasteiger partial charge in [-0.1, -0.05) is 30.7 Å². The number of nitrogens with zero attached hydrogens (tertiary/aromatic N) is 1. The van der Waals surface area contributed by atoms with E-state index in [1.54, 1.807) is 34.6 Å². The highest BCUT2D eigenvalue weighted by atomic mass is 35.5. The third kappa shape index (κ3) is 4.06. The molecular formula is C14H18ClNO2S. The number of piperidine rings is 1. The minimum atomic E-state index is -3.30. The average Bonchev–Trinajstić information content (AvgIpc) is 2.38. The van der Waals surface area contributed by atoms with Gasteiger partial charge >= 0.3 is 0 Å². The van der Waals surface area contributed by atoms with E-state index in [1.807, 2.05) is 0 Å². The molecule has 2 rings (SSSR count). The maximum Gasteiger partial charge on any atom is 0.236 e. The molecule has 1 fully saturated rings. The first-order chi connectivity index (χ1) is 8.97. The predicted molar refractivity (Wildman–Crippen MR) is 79.4 cm³/mol. The fraction of sp³-hybridized carbons (Fsp3) is 0.429. The molecule has 1 aromatic carbocycles. The number of sulfonamides is 1. The van der Waals surface area contributed by atoms with Crippen molar-refractivity contribution in [3.63, 3.8) is 0 Å². The minimum absolute atomic E-state index is 0.437. The number of benzene rings is 1. The largest absolute Gasteiger partial charge is 0.236 e. The monoisotopic (exact) mass is 299 g/mol. The summed E-state index contributed by atoms with van der Waals surface area (Å²) in [5, 5.41) is 1.93. The van der Waals surface area contributed by atoms with Crippen molar-refractivity contribution >= 4 is 27.7 Å². The van der Waals surface area contributed by atoms with Crippen LogP contribution in [0.4, 0.5) is 0 Å². The Hall–Kier alpha value is -0.840. The van der Waals surface area contributed by atoms with Crippen molar-refractivity contribution in [3.8, 4) is 0 Å². The Balaban J connectivity index is 2.10. The molecule has 0 amide bonds. The Morgan fingerprint density at radius 1 is 1.32 bits per heavy atom. The van der Waals surface area contributed by atoms with Crippen LogP contribution in [-0.2, 0) is 10.0 Å². The lowest BCUT2D eigenvalue weighted by atomic mass is 10.0. The van der Waals surface area contributed by atoms with Crippen molar-refractivity contribution in [1.29, 1.82) is 0 Å². The number of hydrogen-bond donors (Lipinski definition) is 0. The van der Waals surface area contributed by atoms with Crippen molar-refractivity contribution in [2.24, 2.45) is 5.92 Å². The highest BCUT2D eigenvalue weighted by Crippen LogP contribution is 2.20. The van der Waals surface area contributed by atoms with E-state index >= 15 is 0 Å². The van der Waals surface area contributed by atoms with Crippen LogP contribution in [-0.4, -0.2) is 25.8 Å². The molecule has 0 aromatic heterocycles. The highest BCUT2D eigenvalue weighted by molar-refractivity contribution is 7.92. The van der Waals surface area contributed by atoms with Gasteiger partial charge in [-0.15, -0.1) is 0 Å². The molecule has 104 valence electrons. The zero-order valence-corrected chi connectivity index (χ0v) is 12.5. The van der Waals surface area contributed by atoms with Crippen LogP contribution in [0.3, 0.4) is 0 Å². The topological polar surface area (TPSA) is 37.4 Å². The number of halogens is 1. The molecule has 1 heterocycles. The summed E-state index contributed by atoms with van der Waals surface area (Å²) in [4.78, 5) is 0. The molecule has 0 radical (unpaired) electrons. The molecule has 0 N–H and O–H groups in total. The summed E-state index contributed by atoms with van der Waals surface area (Å²) >= 11 is 5.79. The first-order valence-corrected chi connectivity index (χ1v) is 8.29. The molecule has 0 spiro atoms. The fourth-order valence-corrected chi connectivity index (χ4v) is 3.68. The van der Waals surface area contributed by atoms with Gasteiger partial charge in [-0.05, 0) is 42.5 Å². The maximum absolute atomic E-state index is 12.2. The Labute approximate surface area is 119 Å². The molecule has 3 nitrogen and oxygen atoms in total. The lowest BCUT2D eigenvalue weighted by molar-refractivity contribution is 0.284. The number of rotatable bonds is 3. The van der Waals surface area contributed by atoms with Crippen molar-refractivity contribution in [1.82, 2.24) is 4.31 Å². The maximum atomic E-state index is 12.2. The Morgan fingerprint density at radius 2 is 2.00 bits per heavy atom. The molecule has 1 unspecified atom stereocenters. The lowest BCUT2D eigenvalue weighted by Crippen LogP contribution is -2.37. The van der Waals surface area contributed by atoms with Crippen LogP contribution in [0.5, 0.6) is 0 Å². The van der Waals surface area contributed by atoms with Crippen LogP contribution in [0.2, 0.25) is 5.02 Å². The fourth-order valence-electron chi connectivity index (χ4n) is 2.20. The van der Waals surface area contributed by atoms with E-state index in [0.717, 1.165) is 18.4 Å². The second kappa shape index (κ2) is 6.07. The third-order valence-corrected chi connectivity index (χ3v) is 5.07. The smallest absolute Gasteiger partial charge is 0.208 e.